The minimum absolute atomic E-state index is 0.00490. The molecule has 1 amide bonds. The quantitative estimate of drug-likeness (QED) is 0.674. The number of amides is 1. The summed E-state index contributed by atoms with van der Waals surface area (Å²) in [6.45, 7) is 0.651. The van der Waals surface area contributed by atoms with E-state index in [-0.39, 0.29) is 30.5 Å². The Hall–Kier alpha value is -2.44. The first-order valence-electron chi connectivity index (χ1n) is 7.67. The zero-order valence-corrected chi connectivity index (χ0v) is 12.6. The molecule has 0 unspecified atom stereocenters. The summed E-state index contributed by atoms with van der Waals surface area (Å²) < 4.78 is 0. The highest BCUT2D eigenvalue weighted by Crippen LogP contribution is 2.49. The number of fused-ring (bicyclic) bond motifs is 1. The van der Waals surface area contributed by atoms with E-state index >= 15 is 0 Å². The molecule has 122 valence electrons. The van der Waals surface area contributed by atoms with Gasteiger partial charge in [0.1, 0.15) is 0 Å². The molecule has 1 heterocycles. The maximum Gasteiger partial charge on any atom is 0.311 e. The standard InChI is InChI=1S/C16H18N2O5/c19-14(8-11-4-1-2-6-13(11)18(22)23)17-9-12-5-3-7-16(12,10-17)15(20)21/h1-2,4,6,12H,3,5,7-10H2,(H,20,21)/t12-,16+/m0/s1. The van der Waals surface area contributed by atoms with Crippen LogP contribution in [-0.2, 0) is 16.0 Å². The number of likely N-dealkylation sites (tertiary alicyclic amines) is 1. The monoisotopic (exact) mass is 318 g/mol. The lowest BCUT2D eigenvalue weighted by Gasteiger charge is -2.23. The highest BCUT2D eigenvalue weighted by Gasteiger charge is 2.55. The normalized spacial score (nSPS) is 26.1. The maximum absolute atomic E-state index is 12.5. The van der Waals surface area contributed by atoms with Crippen molar-refractivity contribution in [1.29, 1.82) is 0 Å². The summed E-state index contributed by atoms with van der Waals surface area (Å²) >= 11 is 0. The summed E-state index contributed by atoms with van der Waals surface area (Å²) in [5, 5.41) is 20.6. The number of nitro groups is 1. The number of nitrogens with zero attached hydrogens (tertiary/aromatic N) is 2. The van der Waals surface area contributed by atoms with Crippen LogP contribution < -0.4 is 0 Å². The van der Waals surface area contributed by atoms with Gasteiger partial charge in [0.2, 0.25) is 5.91 Å². The van der Waals surface area contributed by atoms with E-state index < -0.39 is 16.3 Å². The molecule has 1 aromatic rings. The Morgan fingerprint density at radius 1 is 1.39 bits per heavy atom. The number of carbonyl (C=O) groups is 2. The minimum atomic E-state index is -0.832. The summed E-state index contributed by atoms with van der Waals surface area (Å²) in [7, 11) is 0. The van der Waals surface area contributed by atoms with Gasteiger partial charge in [-0.1, -0.05) is 24.6 Å². The summed E-state index contributed by atoms with van der Waals surface area (Å²) in [6, 6.07) is 6.17. The molecule has 7 nitrogen and oxygen atoms in total. The van der Waals surface area contributed by atoms with Crippen LogP contribution in [0, 0.1) is 21.4 Å². The van der Waals surface area contributed by atoms with Crippen LogP contribution in [0.1, 0.15) is 24.8 Å². The average molecular weight is 318 g/mol. The molecule has 1 N–H and O–H groups in total. The molecule has 1 aliphatic heterocycles. The van der Waals surface area contributed by atoms with Gasteiger partial charge in [-0.2, -0.15) is 0 Å². The fourth-order valence-electron chi connectivity index (χ4n) is 3.94. The van der Waals surface area contributed by atoms with Crippen molar-refractivity contribution in [2.75, 3.05) is 13.1 Å². The Bertz CT molecular complexity index is 674. The number of aliphatic carboxylic acids is 1. The molecule has 0 radical (unpaired) electrons. The first-order valence-corrected chi connectivity index (χ1v) is 7.67. The third-order valence-corrected chi connectivity index (χ3v) is 5.18. The Labute approximate surface area is 133 Å². The van der Waals surface area contributed by atoms with Crippen molar-refractivity contribution >= 4 is 17.6 Å². The van der Waals surface area contributed by atoms with Gasteiger partial charge in [0.25, 0.3) is 5.69 Å². The van der Waals surface area contributed by atoms with Crippen LogP contribution in [0.2, 0.25) is 0 Å². The van der Waals surface area contributed by atoms with Gasteiger partial charge in [0.15, 0.2) is 0 Å². The summed E-state index contributed by atoms with van der Waals surface area (Å²) in [4.78, 5) is 36.2. The van der Waals surface area contributed by atoms with E-state index in [1.165, 1.54) is 6.07 Å². The average Bonchev–Trinajstić information content (AvgIpc) is 3.05. The van der Waals surface area contributed by atoms with Crippen LogP contribution in [-0.4, -0.2) is 39.9 Å². The van der Waals surface area contributed by atoms with Crippen LogP contribution >= 0.6 is 0 Å². The molecule has 7 heteroatoms. The number of carboxylic acid groups (broad SMARTS) is 1. The maximum atomic E-state index is 12.5. The zero-order valence-electron chi connectivity index (χ0n) is 12.6. The molecule has 1 aliphatic carbocycles. The predicted octanol–water partition coefficient (Wildman–Crippen LogP) is 1.85. The number of hydrogen-bond donors (Lipinski definition) is 1. The molecule has 0 bridgehead atoms. The zero-order chi connectivity index (χ0) is 16.6. The number of carboxylic acids is 1. The number of nitro benzene ring substituents is 1. The molecule has 0 spiro atoms. The van der Waals surface area contributed by atoms with Crippen molar-refractivity contribution in [3.8, 4) is 0 Å². The highest BCUT2D eigenvalue weighted by atomic mass is 16.6. The molecule has 2 aliphatic rings. The lowest BCUT2D eigenvalue weighted by molar-refractivity contribution is -0.385. The molecule has 1 saturated carbocycles. The van der Waals surface area contributed by atoms with Gasteiger partial charge in [-0.05, 0) is 18.8 Å². The Kier molecular flexibility index (Phi) is 3.79. The molecular weight excluding hydrogens is 300 g/mol. The van der Waals surface area contributed by atoms with Gasteiger partial charge < -0.3 is 10.0 Å². The smallest absolute Gasteiger partial charge is 0.311 e. The number of rotatable bonds is 4. The van der Waals surface area contributed by atoms with Crippen molar-refractivity contribution in [1.82, 2.24) is 4.90 Å². The van der Waals surface area contributed by atoms with Gasteiger partial charge in [-0.15, -0.1) is 0 Å². The minimum Gasteiger partial charge on any atom is -0.481 e. The lowest BCUT2D eigenvalue weighted by atomic mass is 9.81. The number of carbonyl (C=O) groups excluding carboxylic acids is 1. The van der Waals surface area contributed by atoms with Crippen molar-refractivity contribution < 1.29 is 19.6 Å². The van der Waals surface area contributed by atoms with Gasteiger partial charge in [-0.25, -0.2) is 0 Å². The van der Waals surface area contributed by atoms with Crippen LogP contribution in [0.25, 0.3) is 0 Å². The second kappa shape index (κ2) is 5.64. The van der Waals surface area contributed by atoms with Gasteiger partial charge in [-0.3, -0.25) is 19.7 Å². The van der Waals surface area contributed by atoms with Crippen LogP contribution in [0.15, 0.2) is 24.3 Å². The molecule has 0 aromatic heterocycles. The van der Waals surface area contributed by atoms with Gasteiger partial charge >= 0.3 is 5.97 Å². The summed E-state index contributed by atoms with van der Waals surface area (Å²) in [6.07, 6.45) is 2.23. The van der Waals surface area contributed by atoms with Crippen molar-refractivity contribution in [2.45, 2.75) is 25.7 Å². The van der Waals surface area contributed by atoms with Crippen LogP contribution in [0.3, 0.4) is 0 Å². The van der Waals surface area contributed by atoms with E-state index in [0.29, 0.717) is 18.5 Å². The van der Waals surface area contributed by atoms with Crippen LogP contribution in [0.4, 0.5) is 5.69 Å². The molecule has 1 aromatic carbocycles. The molecule has 23 heavy (non-hydrogen) atoms. The van der Waals surface area contributed by atoms with Crippen molar-refractivity contribution in [3.05, 3.63) is 39.9 Å². The summed E-state index contributed by atoms with van der Waals surface area (Å²) in [5.41, 5.74) is -0.532. The molecule has 2 atom stereocenters. The largest absolute Gasteiger partial charge is 0.481 e. The molecular formula is C16H18N2O5. The van der Waals surface area contributed by atoms with E-state index in [2.05, 4.69) is 0 Å². The van der Waals surface area contributed by atoms with E-state index in [4.69, 9.17) is 0 Å². The van der Waals surface area contributed by atoms with E-state index in [0.717, 1.165) is 12.8 Å². The Morgan fingerprint density at radius 3 is 2.78 bits per heavy atom. The number of para-hydroxylation sites is 1. The highest BCUT2D eigenvalue weighted by molar-refractivity contribution is 5.83. The fraction of sp³-hybridized carbons (Fsp3) is 0.500. The number of benzene rings is 1. The topological polar surface area (TPSA) is 101 Å². The first kappa shape index (κ1) is 15.5. The second-order valence-electron chi connectivity index (χ2n) is 6.39. The van der Waals surface area contributed by atoms with Gasteiger partial charge in [0, 0.05) is 24.7 Å². The summed E-state index contributed by atoms with van der Waals surface area (Å²) in [5.74, 6) is -1.08. The van der Waals surface area contributed by atoms with E-state index in [9.17, 15) is 24.8 Å². The SMILES string of the molecule is O=C(Cc1ccccc1[N+](=O)[O-])N1C[C@@H]2CCC[C@@]2(C(=O)O)C1. The first-order chi connectivity index (χ1) is 10.9. The van der Waals surface area contributed by atoms with Crippen LogP contribution in [0.5, 0.6) is 0 Å². The lowest BCUT2D eigenvalue weighted by Crippen LogP contribution is -2.37. The second-order valence-corrected chi connectivity index (χ2v) is 6.39. The third kappa shape index (κ3) is 2.56. The predicted molar refractivity (Wildman–Crippen MR) is 80.8 cm³/mol. The van der Waals surface area contributed by atoms with E-state index in [1.807, 2.05) is 0 Å². The Morgan fingerprint density at radius 2 is 2.13 bits per heavy atom. The van der Waals surface area contributed by atoms with Gasteiger partial charge in [0.05, 0.1) is 16.8 Å². The fourth-order valence-corrected chi connectivity index (χ4v) is 3.94. The Balaban J connectivity index is 1.76. The number of hydrogen-bond acceptors (Lipinski definition) is 4. The third-order valence-electron chi connectivity index (χ3n) is 5.18. The van der Waals surface area contributed by atoms with Crippen molar-refractivity contribution in [3.63, 3.8) is 0 Å². The van der Waals surface area contributed by atoms with E-state index in [1.54, 1.807) is 23.1 Å². The molecule has 3 rings (SSSR count). The molecule has 2 fully saturated rings. The molecule has 1 saturated heterocycles. The van der Waals surface area contributed by atoms with Crippen molar-refractivity contribution in [2.24, 2.45) is 11.3 Å².